The maximum Gasteiger partial charge on any atom is 0.263 e. The molecule has 5 rings (SSSR count). The molecule has 0 aliphatic rings. The van der Waals surface area contributed by atoms with Crippen molar-refractivity contribution >= 4 is 32.8 Å². The van der Waals surface area contributed by atoms with Gasteiger partial charge in [-0.15, -0.1) is 11.3 Å². The number of amides is 1. The molecule has 38 heavy (non-hydrogen) atoms. The molecule has 2 aromatic carbocycles. The number of hydrogen-bond acceptors (Lipinski definition) is 5. The third kappa shape index (κ3) is 5.08. The lowest BCUT2D eigenvalue weighted by Gasteiger charge is -2.27. The van der Waals surface area contributed by atoms with Crippen molar-refractivity contribution in [2.75, 3.05) is 20.3 Å². The first-order chi connectivity index (χ1) is 18.5. The van der Waals surface area contributed by atoms with Crippen molar-refractivity contribution in [3.63, 3.8) is 0 Å². The first-order valence-corrected chi connectivity index (χ1v) is 13.5. The molecule has 6 nitrogen and oxygen atoms in total. The van der Waals surface area contributed by atoms with Crippen LogP contribution in [0.2, 0.25) is 0 Å². The summed E-state index contributed by atoms with van der Waals surface area (Å²) in [6.45, 7) is 5.32. The summed E-state index contributed by atoms with van der Waals surface area (Å²) in [6.07, 6.45) is 1.76. The summed E-state index contributed by atoms with van der Waals surface area (Å²) in [6, 6.07) is 23.1. The highest BCUT2D eigenvalue weighted by molar-refractivity contribution is 7.18. The van der Waals surface area contributed by atoms with Crippen LogP contribution < -0.4 is 10.3 Å². The number of carbonyl (C=O) groups excluding carboxylic acids is 1. The van der Waals surface area contributed by atoms with Crippen LogP contribution in [0.3, 0.4) is 0 Å². The van der Waals surface area contributed by atoms with Gasteiger partial charge in [0, 0.05) is 31.5 Å². The molecule has 0 spiro atoms. The van der Waals surface area contributed by atoms with Crippen LogP contribution in [0, 0.1) is 0 Å². The van der Waals surface area contributed by atoms with Gasteiger partial charge in [-0.05, 0) is 66.1 Å². The third-order valence-electron chi connectivity index (χ3n) is 6.61. The van der Waals surface area contributed by atoms with Gasteiger partial charge in [0.2, 0.25) is 0 Å². The minimum absolute atomic E-state index is 0.0309. The van der Waals surface area contributed by atoms with Crippen molar-refractivity contribution in [3.05, 3.63) is 106 Å². The highest BCUT2D eigenvalue weighted by Crippen LogP contribution is 2.31. The van der Waals surface area contributed by atoms with E-state index in [0.717, 1.165) is 21.2 Å². The zero-order chi connectivity index (χ0) is 26.6. The zero-order valence-electron chi connectivity index (χ0n) is 21.7. The van der Waals surface area contributed by atoms with Crippen LogP contribution in [0.5, 0.6) is 5.75 Å². The molecular weight excluding hydrogens is 496 g/mol. The van der Waals surface area contributed by atoms with Gasteiger partial charge >= 0.3 is 0 Å². The van der Waals surface area contributed by atoms with Crippen LogP contribution >= 0.6 is 11.3 Å². The monoisotopic (exact) mass is 526 g/mol. The Morgan fingerprint density at radius 3 is 2.50 bits per heavy atom. The van der Waals surface area contributed by atoms with Crippen LogP contribution in [0.15, 0.2) is 89.2 Å². The molecule has 0 saturated heterocycles. The fourth-order valence-corrected chi connectivity index (χ4v) is 5.53. The third-order valence-corrected chi connectivity index (χ3v) is 7.55. The lowest BCUT2D eigenvalue weighted by molar-refractivity contribution is 0.0636. The fourth-order valence-electron chi connectivity index (χ4n) is 4.59. The number of carbonyl (C=O) groups is 1. The molecule has 194 valence electrons. The Bertz CT molecular complexity index is 1620. The number of ether oxygens (including phenoxy) is 2. The van der Waals surface area contributed by atoms with E-state index in [1.165, 1.54) is 11.3 Å². The van der Waals surface area contributed by atoms with Gasteiger partial charge in [0.25, 0.3) is 11.5 Å². The molecule has 0 saturated carbocycles. The van der Waals surface area contributed by atoms with Gasteiger partial charge in [-0.3, -0.25) is 14.0 Å². The Labute approximate surface area is 225 Å². The molecule has 5 aromatic rings. The summed E-state index contributed by atoms with van der Waals surface area (Å²) < 4.78 is 13.7. The summed E-state index contributed by atoms with van der Waals surface area (Å²) >= 11 is 1.53. The number of rotatable bonds is 9. The molecule has 3 heterocycles. The Hall–Kier alpha value is -3.94. The topological polar surface area (TPSA) is 60.2 Å². The van der Waals surface area contributed by atoms with Crippen molar-refractivity contribution in [1.82, 2.24) is 9.30 Å². The highest BCUT2D eigenvalue weighted by Gasteiger charge is 2.24. The number of hydrogen-bond donors (Lipinski definition) is 0. The molecule has 7 heteroatoms. The average Bonchev–Trinajstić information content (AvgIpc) is 3.42. The molecular formula is C31H30N2O4S. The summed E-state index contributed by atoms with van der Waals surface area (Å²) in [5.74, 6) is 0.583. The maximum absolute atomic E-state index is 14.0. The number of aromatic nitrogens is 1. The van der Waals surface area contributed by atoms with Gasteiger partial charge in [0.1, 0.15) is 12.4 Å². The predicted molar refractivity (Wildman–Crippen MR) is 153 cm³/mol. The molecule has 0 N–H and O–H groups in total. The van der Waals surface area contributed by atoms with E-state index in [-0.39, 0.29) is 17.5 Å². The zero-order valence-corrected chi connectivity index (χ0v) is 22.5. The lowest BCUT2D eigenvalue weighted by Crippen LogP contribution is -2.40. The largest absolute Gasteiger partial charge is 0.489 e. The Morgan fingerprint density at radius 1 is 1.03 bits per heavy atom. The summed E-state index contributed by atoms with van der Waals surface area (Å²) in [5, 5.41) is 2.99. The van der Waals surface area contributed by atoms with Crippen molar-refractivity contribution in [3.8, 4) is 16.9 Å². The van der Waals surface area contributed by atoms with Crippen LogP contribution in [-0.4, -0.2) is 41.5 Å². The molecule has 0 fully saturated rings. The Balaban J connectivity index is 1.58. The van der Waals surface area contributed by atoms with E-state index in [1.807, 2.05) is 86.0 Å². The van der Waals surface area contributed by atoms with Crippen LogP contribution in [-0.2, 0) is 11.3 Å². The predicted octanol–water partition coefficient (Wildman–Crippen LogP) is 6.26. The lowest BCUT2D eigenvalue weighted by atomic mass is 10.0. The number of methoxy groups -OCH3 is 1. The number of thiophene rings is 1. The number of nitrogens with zero attached hydrogens (tertiary/aromatic N) is 2. The van der Waals surface area contributed by atoms with E-state index in [2.05, 4.69) is 0 Å². The second-order valence-electron chi connectivity index (χ2n) is 9.40. The van der Waals surface area contributed by atoms with E-state index >= 15 is 0 Å². The molecule has 1 amide bonds. The quantitative estimate of drug-likeness (QED) is 0.228. The molecule has 0 radical (unpaired) electrons. The van der Waals surface area contributed by atoms with Crippen LogP contribution in [0.4, 0.5) is 0 Å². The highest BCUT2D eigenvalue weighted by atomic mass is 32.1. The van der Waals surface area contributed by atoms with E-state index < -0.39 is 0 Å². The standard InChI is InChI=1S/C31H30N2O4S/c1-21(2)32(16-17-36-3)31(35)27-19-26(30(34)33-15-13-24-14-18-38-29(24)28(27)33)23-9-11-25(12-10-23)37-20-22-7-5-4-6-8-22/h4-15,18-19,21H,16-17,20H2,1-3H3. The van der Waals surface area contributed by atoms with Crippen molar-refractivity contribution in [1.29, 1.82) is 0 Å². The summed E-state index contributed by atoms with van der Waals surface area (Å²) in [4.78, 5) is 29.5. The molecule has 3 aromatic heterocycles. The SMILES string of the molecule is COCCN(C(=O)c1cc(-c2ccc(OCc3ccccc3)cc2)c(=O)n2ccc3ccsc3c12)C(C)C. The second-order valence-corrected chi connectivity index (χ2v) is 10.3. The minimum Gasteiger partial charge on any atom is -0.489 e. The van der Waals surface area contributed by atoms with Gasteiger partial charge < -0.3 is 14.4 Å². The Morgan fingerprint density at radius 2 is 1.79 bits per heavy atom. The smallest absolute Gasteiger partial charge is 0.263 e. The van der Waals surface area contributed by atoms with Crippen LogP contribution in [0.25, 0.3) is 26.7 Å². The van der Waals surface area contributed by atoms with E-state index in [0.29, 0.717) is 42.2 Å². The average molecular weight is 527 g/mol. The Kier molecular flexibility index (Phi) is 7.58. The molecule has 0 aliphatic heterocycles. The first-order valence-electron chi connectivity index (χ1n) is 12.6. The van der Waals surface area contributed by atoms with Crippen molar-refractivity contribution in [2.24, 2.45) is 0 Å². The van der Waals surface area contributed by atoms with Crippen molar-refractivity contribution < 1.29 is 14.3 Å². The molecule has 0 aliphatic carbocycles. The maximum atomic E-state index is 14.0. The molecule has 0 atom stereocenters. The first kappa shape index (κ1) is 25.7. The van der Waals surface area contributed by atoms with Gasteiger partial charge in [-0.25, -0.2) is 0 Å². The normalized spacial score (nSPS) is 11.4. The van der Waals surface area contributed by atoms with Crippen LogP contribution in [0.1, 0.15) is 29.8 Å². The van der Waals surface area contributed by atoms with E-state index in [9.17, 15) is 9.59 Å². The molecule has 0 unspecified atom stereocenters. The van der Waals surface area contributed by atoms with Gasteiger partial charge in [0.15, 0.2) is 0 Å². The van der Waals surface area contributed by atoms with Gasteiger partial charge in [0.05, 0.1) is 22.4 Å². The van der Waals surface area contributed by atoms with Crippen molar-refractivity contribution in [2.45, 2.75) is 26.5 Å². The second kappa shape index (κ2) is 11.2. The minimum atomic E-state index is -0.169. The summed E-state index contributed by atoms with van der Waals surface area (Å²) in [7, 11) is 1.63. The number of fused-ring (bicyclic) bond motifs is 3. The number of pyridine rings is 2. The van der Waals surface area contributed by atoms with E-state index in [1.54, 1.807) is 28.7 Å². The summed E-state index contributed by atoms with van der Waals surface area (Å²) in [5.41, 5.74) is 3.24. The fraction of sp³-hybridized carbons (Fsp3) is 0.226. The van der Waals surface area contributed by atoms with E-state index in [4.69, 9.17) is 9.47 Å². The van der Waals surface area contributed by atoms with Gasteiger partial charge in [-0.1, -0.05) is 42.5 Å². The number of benzene rings is 2. The molecule has 0 bridgehead atoms. The van der Waals surface area contributed by atoms with Gasteiger partial charge in [-0.2, -0.15) is 0 Å².